The molecule has 6 nitrogen and oxygen atoms in total. The smallest absolute Gasteiger partial charge is 0.304 e. The third-order valence-corrected chi connectivity index (χ3v) is 6.22. The van der Waals surface area contributed by atoms with Gasteiger partial charge in [-0.05, 0) is 23.5 Å². The predicted octanol–water partition coefficient (Wildman–Crippen LogP) is 3.79. The maximum Gasteiger partial charge on any atom is 0.470 e. The highest BCUT2D eigenvalue weighted by Crippen LogP contribution is 2.60. The highest BCUT2D eigenvalue weighted by atomic mass is 31.2. The standard InChI is InChI=1S/C21H21N2O4P/c22-19(14-7-3-1-4-8-14)18-16-11-12-17(13-16)21(18,27-28(24,25)26)20(23)15-9-5-2-6-10-15/h1-12,16-18,22-23H,13H2,(H2,24,25,26). The van der Waals surface area contributed by atoms with Crippen LogP contribution in [-0.2, 0) is 9.09 Å². The summed E-state index contributed by atoms with van der Waals surface area (Å²) in [6, 6.07) is 17.9. The highest BCUT2D eigenvalue weighted by molar-refractivity contribution is 7.46. The van der Waals surface area contributed by atoms with Crippen LogP contribution in [0.15, 0.2) is 72.8 Å². The SMILES string of the molecule is N=C(c1ccccc1)C1C2C=CC(C2)C1(OP(=O)(O)O)C(=N)c1ccccc1. The minimum absolute atomic E-state index is 0.000967. The summed E-state index contributed by atoms with van der Waals surface area (Å²) in [5, 5.41) is 17.7. The average Bonchev–Trinajstić information content (AvgIpc) is 3.27. The third-order valence-electron chi connectivity index (χ3n) is 5.68. The summed E-state index contributed by atoms with van der Waals surface area (Å²) >= 11 is 0. The van der Waals surface area contributed by atoms with Gasteiger partial charge in [0.25, 0.3) is 0 Å². The van der Waals surface area contributed by atoms with E-state index in [1.807, 2.05) is 36.4 Å². The Bertz CT molecular complexity index is 986. The van der Waals surface area contributed by atoms with Crippen molar-refractivity contribution >= 4 is 19.2 Å². The summed E-state index contributed by atoms with van der Waals surface area (Å²) in [5.74, 6) is -1.16. The quantitative estimate of drug-likeness (QED) is 0.338. The lowest BCUT2D eigenvalue weighted by molar-refractivity contribution is 0.0508. The van der Waals surface area contributed by atoms with Crippen LogP contribution in [0.5, 0.6) is 0 Å². The summed E-state index contributed by atoms with van der Waals surface area (Å²) in [5.41, 5.74) is -0.173. The lowest BCUT2D eigenvalue weighted by atomic mass is 9.70. The molecule has 0 saturated heterocycles. The summed E-state index contributed by atoms with van der Waals surface area (Å²) in [4.78, 5) is 19.5. The zero-order chi connectivity index (χ0) is 19.9. The Balaban J connectivity index is 1.87. The molecule has 0 aromatic heterocycles. The molecular formula is C21H21N2O4P. The molecule has 2 aromatic carbocycles. The fourth-order valence-electron chi connectivity index (χ4n) is 4.61. The Labute approximate surface area is 163 Å². The summed E-state index contributed by atoms with van der Waals surface area (Å²) in [6.45, 7) is 0. The molecule has 0 heterocycles. The lowest BCUT2D eigenvalue weighted by Gasteiger charge is -2.42. The second kappa shape index (κ2) is 6.90. The Morgan fingerprint density at radius 2 is 1.54 bits per heavy atom. The highest BCUT2D eigenvalue weighted by Gasteiger charge is 2.63. The minimum atomic E-state index is -4.92. The van der Waals surface area contributed by atoms with Crippen LogP contribution in [0.4, 0.5) is 0 Å². The molecule has 4 unspecified atom stereocenters. The second-order valence-corrected chi connectivity index (χ2v) is 8.43. The minimum Gasteiger partial charge on any atom is -0.304 e. The molecular weight excluding hydrogens is 375 g/mol. The Kier molecular flexibility index (Phi) is 4.68. The topological polar surface area (TPSA) is 114 Å². The van der Waals surface area contributed by atoms with E-state index in [0.717, 1.165) is 0 Å². The van der Waals surface area contributed by atoms with Crippen LogP contribution in [0, 0.1) is 28.6 Å². The van der Waals surface area contributed by atoms with Gasteiger partial charge in [-0.1, -0.05) is 72.8 Å². The fourth-order valence-corrected chi connectivity index (χ4v) is 5.34. The second-order valence-electron chi connectivity index (χ2n) is 7.26. The largest absolute Gasteiger partial charge is 0.470 e. The number of fused-ring (bicyclic) bond motifs is 2. The molecule has 1 fully saturated rings. The molecule has 0 amide bonds. The molecule has 7 heteroatoms. The molecule has 4 rings (SSSR count). The van der Waals surface area contributed by atoms with Gasteiger partial charge in [-0.15, -0.1) is 0 Å². The van der Waals surface area contributed by atoms with Crippen molar-refractivity contribution in [2.75, 3.05) is 0 Å². The number of phosphoric ester groups is 1. The maximum absolute atomic E-state index is 12.0. The van der Waals surface area contributed by atoms with E-state index in [4.69, 9.17) is 15.3 Å². The van der Waals surface area contributed by atoms with Crippen LogP contribution in [0.25, 0.3) is 0 Å². The Morgan fingerprint density at radius 1 is 0.964 bits per heavy atom. The van der Waals surface area contributed by atoms with Crippen LogP contribution in [-0.4, -0.2) is 26.8 Å². The van der Waals surface area contributed by atoms with Gasteiger partial charge in [-0.3, -0.25) is 4.52 Å². The third kappa shape index (κ3) is 3.09. The number of hydrogen-bond acceptors (Lipinski definition) is 4. The summed E-state index contributed by atoms with van der Waals surface area (Å²) in [7, 11) is -4.92. The van der Waals surface area contributed by atoms with E-state index in [1.165, 1.54) is 0 Å². The molecule has 4 N–H and O–H groups in total. The molecule has 2 bridgehead atoms. The van der Waals surface area contributed by atoms with Crippen molar-refractivity contribution in [3.05, 3.63) is 83.9 Å². The first-order chi connectivity index (χ1) is 13.3. The van der Waals surface area contributed by atoms with Crippen molar-refractivity contribution in [2.45, 2.75) is 12.0 Å². The van der Waals surface area contributed by atoms with Gasteiger partial charge in [0.15, 0.2) is 0 Å². The molecule has 0 aliphatic heterocycles. The van der Waals surface area contributed by atoms with E-state index in [1.54, 1.807) is 36.4 Å². The van der Waals surface area contributed by atoms with Crippen LogP contribution in [0.1, 0.15) is 17.5 Å². The van der Waals surface area contributed by atoms with Crippen molar-refractivity contribution in [3.8, 4) is 0 Å². The Hall–Kier alpha value is -2.37. The van der Waals surface area contributed by atoms with Crippen molar-refractivity contribution < 1.29 is 18.9 Å². The first kappa shape index (κ1) is 19.0. The fraction of sp³-hybridized carbons (Fsp3) is 0.238. The van der Waals surface area contributed by atoms with Gasteiger partial charge in [-0.2, -0.15) is 0 Å². The molecule has 0 spiro atoms. The van der Waals surface area contributed by atoms with E-state index in [-0.39, 0.29) is 23.3 Å². The number of hydrogen-bond donors (Lipinski definition) is 4. The maximum atomic E-state index is 12.0. The number of benzene rings is 2. The summed E-state index contributed by atoms with van der Waals surface area (Å²) in [6.07, 6.45) is 4.44. The first-order valence-electron chi connectivity index (χ1n) is 9.06. The van der Waals surface area contributed by atoms with E-state index < -0.39 is 19.3 Å². The number of phosphoric acid groups is 1. The predicted molar refractivity (Wildman–Crippen MR) is 107 cm³/mol. The van der Waals surface area contributed by atoms with Gasteiger partial charge in [0.1, 0.15) is 5.60 Å². The van der Waals surface area contributed by atoms with Gasteiger partial charge in [-0.25, -0.2) is 4.57 Å². The van der Waals surface area contributed by atoms with Gasteiger partial charge in [0.05, 0.1) is 5.71 Å². The molecule has 2 aliphatic carbocycles. The van der Waals surface area contributed by atoms with Crippen molar-refractivity contribution in [1.82, 2.24) is 0 Å². The van der Waals surface area contributed by atoms with E-state index in [2.05, 4.69) is 0 Å². The molecule has 0 radical (unpaired) electrons. The molecule has 2 aliphatic rings. The number of nitrogens with one attached hydrogen (secondary N) is 2. The van der Waals surface area contributed by atoms with Crippen LogP contribution >= 0.6 is 7.82 Å². The molecule has 144 valence electrons. The normalized spacial score (nSPS) is 28.4. The number of rotatable bonds is 6. The van der Waals surface area contributed by atoms with Crippen LogP contribution < -0.4 is 0 Å². The molecule has 1 saturated carbocycles. The monoisotopic (exact) mass is 396 g/mol. The van der Waals surface area contributed by atoms with Crippen molar-refractivity contribution in [1.29, 1.82) is 10.8 Å². The van der Waals surface area contributed by atoms with Crippen LogP contribution in [0.3, 0.4) is 0 Å². The van der Waals surface area contributed by atoms with E-state index >= 15 is 0 Å². The summed E-state index contributed by atoms with van der Waals surface area (Å²) < 4.78 is 17.4. The van der Waals surface area contributed by atoms with Gasteiger partial charge in [0.2, 0.25) is 0 Å². The van der Waals surface area contributed by atoms with Crippen molar-refractivity contribution in [2.24, 2.45) is 17.8 Å². The first-order valence-corrected chi connectivity index (χ1v) is 10.6. The number of allylic oxidation sites excluding steroid dienone is 1. The molecule has 2 aromatic rings. The van der Waals surface area contributed by atoms with Gasteiger partial charge in [0, 0.05) is 17.5 Å². The Morgan fingerprint density at radius 3 is 2.11 bits per heavy atom. The lowest BCUT2D eigenvalue weighted by Crippen LogP contribution is -2.53. The average molecular weight is 396 g/mol. The van der Waals surface area contributed by atoms with E-state index in [0.29, 0.717) is 17.5 Å². The molecule has 4 atom stereocenters. The van der Waals surface area contributed by atoms with Gasteiger partial charge >= 0.3 is 7.82 Å². The zero-order valence-electron chi connectivity index (χ0n) is 15.0. The van der Waals surface area contributed by atoms with E-state index in [9.17, 15) is 14.4 Å². The zero-order valence-corrected chi connectivity index (χ0v) is 15.9. The molecule has 28 heavy (non-hydrogen) atoms. The van der Waals surface area contributed by atoms with Gasteiger partial charge < -0.3 is 20.6 Å². The van der Waals surface area contributed by atoms with Crippen molar-refractivity contribution in [3.63, 3.8) is 0 Å². The van der Waals surface area contributed by atoms with Crippen LogP contribution in [0.2, 0.25) is 0 Å².